The minimum Gasteiger partial charge on any atom is -0.425 e. The molecule has 1 unspecified atom stereocenters. The Hall–Kier alpha value is -2.97. The van der Waals surface area contributed by atoms with Crippen molar-refractivity contribution < 1.29 is 22.4 Å². The van der Waals surface area contributed by atoms with Crippen LogP contribution in [-0.4, -0.2) is 20.4 Å². The van der Waals surface area contributed by atoms with E-state index in [9.17, 15) is 18.0 Å². The van der Waals surface area contributed by atoms with E-state index in [1.54, 1.807) is 52.0 Å². The van der Waals surface area contributed by atoms with E-state index in [-0.39, 0.29) is 16.6 Å². The zero-order chi connectivity index (χ0) is 22.9. The van der Waals surface area contributed by atoms with E-state index < -0.39 is 27.7 Å². The summed E-state index contributed by atoms with van der Waals surface area (Å²) in [6, 6.07) is 9.93. The lowest BCUT2D eigenvalue weighted by Gasteiger charge is -2.21. The fourth-order valence-corrected chi connectivity index (χ4v) is 4.52. The van der Waals surface area contributed by atoms with Crippen molar-refractivity contribution in [1.29, 1.82) is 0 Å². The number of rotatable bonds is 6. The van der Waals surface area contributed by atoms with Gasteiger partial charge < -0.3 is 9.15 Å². The molecule has 0 fully saturated rings. The predicted octanol–water partition coefficient (Wildman–Crippen LogP) is 3.63. The molecule has 0 saturated carbocycles. The van der Waals surface area contributed by atoms with Crippen LogP contribution in [0, 0.1) is 26.7 Å². The van der Waals surface area contributed by atoms with Gasteiger partial charge in [0.1, 0.15) is 17.4 Å². The third kappa shape index (κ3) is 4.86. The van der Waals surface area contributed by atoms with Gasteiger partial charge in [-0.2, -0.15) is 4.72 Å². The molecule has 1 aromatic heterocycles. The average molecular weight is 444 g/mol. The second kappa shape index (κ2) is 8.64. The Morgan fingerprint density at radius 2 is 1.68 bits per heavy atom. The number of esters is 1. The van der Waals surface area contributed by atoms with Crippen LogP contribution in [0.4, 0.5) is 0 Å². The van der Waals surface area contributed by atoms with E-state index >= 15 is 0 Å². The summed E-state index contributed by atoms with van der Waals surface area (Å²) in [5, 5.41) is 0.734. The Morgan fingerprint density at radius 1 is 1.03 bits per heavy atom. The van der Waals surface area contributed by atoms with Crippen molar-refractivity contribution in [1.82, 2.24) is 4.72 Å². The van der Waals surface area contributed by atoms with E-state index in [4.69, 9.17) is 9.15 Å². The Kier molecular flexibility index (Phi) is 6.33. The number of sulfonamides is 1. The maximum Gasteiger partial charge on any atom is 0.336 e. The maximum atomic E-state index is 12.9. The largest absolute Gasteiger partial charge is 0.425 e. The molecule has 3 aromatic rings. The summed E-state index contributed by atoms with van der Waals surface area (Å²) in [4.78, 5) is 24.7. The average Bonchev–Trinajstić information content (AvgIpc) is 2.68. The van der Waals surface area contributed by atoms with Crippen molar-refractivity contribution in [2.75, 3.05) is 0 Å². The Labute approximate surface area is 181 Å². The van der Waals surface area contributed by atoms with Crippen LogP contribution in [0.5, 0.6) is 5.75 Å². The van der Waals surface area contributed by atoms with Gasteiger partial charge in [-0.25, -0.2) is 18.0 Å². The number of carbonyl (C=O) groups excluding carboxylic acids is 1. The standard InChI is InChI=1S/C23H25NO6S/c1-13(2)21(24-31(27,28)17-8-6-14(3)7-9-17)23(26)29-19-11-10-18-15(4)12-20(25)30-22(18)16(19)5/h6-13,21,24H,1-5H3. The first-order chi connectivity index (χ1) is 14.5. The van der Waals surface area contributed by atoms with Crippen LogP contribution in [0.3, 0.4) is 0 Å². The number of ether oxygens (including phenoxy) is 1. The molecule has 2 aromatic carbocycles. The fraction of sp³-hybridized carbons (Fsp3) is 0.304. The first kappa shape index (κ1) is 22.7. The van der Waals surface area contributed by atoms with Crippen molar-refractivity contribution in [2.24, 2.45) is 5.92 Å². The number of aryl methyl sites for hydroxylation is 3. The third-order valence-corrected chi connectivity index (χ3v) is 6.52. The molecule has 0 aliphatic rings. The summed E-state index contributed by atoms with van der Waals surface area (Å²) in [5.41, 5.74) is 1.99. The fourth-order valence-electron chi connectivity index (χ4n) is 3.19. The molecule has 0 saturated heterocycles. The predicted molar refractivity (Wildman–Crippen MR) is 118 cm³/mol. The van der Waals surface area contributed by atoms with Crippen LogP contribution in [0.2, 0.25) is 0 Å². The molecule has 0 aliphatic carbocycles. The van der Waals surface area contributed by atoms with Gasteiger partial charge in [0.05, 0.1) is 4.90 Å². The molecule has 1 atom stereocenters. The van der Waals surface area contributed by atoms with Crippen LogP contribution in [-0.2, 0) is 14.8 Å². The van der Waals surface area contributed by atoms with Crippen molar-refractivity contribution in [3.63, 3.8) is 0 Å². The van der Waals surface area contributed by atoms with E-state index in [1.807, 2.05) is 6.92 Å². The van der Waals surface area contributed by atoms with Crippen LogP contribution in [0.25, 0.3) is 11.0 Å². The Balaban J connectivity index is 1.90. The van der Waals surface area contributed by atoms with Crippen LogP contribution < -0.4 is 15.1 Å². The molecule has 0 bridgehead atoms. The van der Waals surface area contributed by atoms with Crippen molar-refractivity contribution in [3.05, 3.63) is 69.6 Å². The van der Waals surface area contributed by atoms with E-state index in [0.717, 1.165) is 16.5 Å². The van der Waals surface area contributed by atoms with Gasteiger partial charge in [-0.1, -0.05) is 31.5 Å². The number of hydrogen-bond donors (Lipinski definition) is 1. The number of hydrogen-bond acceptors (Lipinski definition) is 6. The summed E-state index contributed by atoms with van der Waals surface area (Å²) >= 11 is 0. The smallest absolute Gasteiger partial charge is 0.336 e. The van der Waals surface area contributed by atoms with Gasteiger partial charge in [0.15, 0.2) is 0 Å². The van der Waals surface area contributed by atoms with Gasteiger partial charge in [-0.15, -0.1) is 0 Å². The van der Waals surface area contributed by atoms with Gasteiger partial charge in [0.25, 0.3) is 0 Å². The Bertz CT molecular complexity index is 1290. The summed E-state index contributed by atoms with van der Waals surface area (Å²) in [5.74, 6) is -0.914. The van der Waals surface area contributed by atoms with Crippen molar-refractivity contribution in [3.8, 4) is 5.75 Å². The molecular weight excluding hydrogens is 418 g/mol. The Morgan fingerprint density at radius 3 is 2.29 bits per heavy atom. The number of fused-ring (bicyclic) bond motifs is 1. The highest BCUT2D eigenvalue weighted by Crippen LogP contribution is 2.28. The summed E-state index contributed by atoms with van der Waals surface area (Å²) in [6.07, 6.45) is 0. The van der Waals surface area contributed by atoms with Crippen LogP contribution >= 0.6 is 0 Å². The van der Waals surface area contributed by atoms with Crippen LogP contribution in [0.15, 0.2) is 56.6 Å². The lowest BCUT2D eigenvalue weighted by atomic mass is 10.1. The molecule has 31 heavy (non-hydrogen) atoms. The molecule has 1 heterocycles. The highest BCUT2D eigenvalue weighted by molar-refractivity contribution is 7.89. The van der Waals surface area contributed by atoms with E-state index in [0.29, 0.717) is 11.1 Å². The minimum atomic E-state index is -3.93. The van der Waals surface area contributed by atoms with Crippen molar-refractivity contribution >= 4 is 27.0 Å². The molecule has 0 amide bonds. The molecule has 0 aliphatic heterocycles. The van der Waals surface area contributed by atoms with Gasteiger partial charge in [-0.3, -0.25) is 0 Å². The molecule has 0 spiro atoms. The first-order valence-corrected chi connectivity index (χ1v) is 11.3. The zero-order valence-corrected chi connectivity index (χ0v) is 18.9. The first-order valence-electron chi connectivity index (χ1n) is 9.84. The van der Waals surface area contributed by atoms with Gasteiger partial charge >= 0.3 is 11.6 Å². The normalized spacial score (nSPS) is 12.8. The number of nitrogens with one attached hydrogen (secondary N) is 1. The number of carbonyl (C=O) groups is 1. The zero-order valence-electron chi connectivity index (χ0n) is 18.1. The molecular formula is C23H25NO6S. The quantitative estimate of drug-likeness (QED) is 0.355. The summed E-state index contributed by atoms with van der Waals surface area (Å²) < 4.78 is 38.8. The molecule has 7 nitrogen and oxygen atoms in total. The van der Waals surface area contributed by atoms with E-state index in [1.165, 1.54) is 18.2 Å². The lowest BCUT2D eigenvalue weighted by molar-refractivity contribution is -0.137. The van der Waals surface area contributed by atoms with Gasteiger partial charge in [0.2, 0.25) is 10.0 Å². The highest BCUT2D eigenvalue weighted by atomic mass is 32.2. The monoisotopic (exact) mass is 443 g/mol. The highest BCUT2D eigenvalue weighted by Gasteiger charge is 2.30. The van der Waals surface area contributed by atoms with E-state index in [2.05, 4.69) is 4.72 Å². The molecule has 0 radical (unpaired) electrons. The summed E-state index contributed by atoms with van der Waals surface area (Å²) in [7, 11) is -3.93. The SMILES string of the molecule is Cc1ccc(S(=O)(=O)NC(C(=O)Oc2ccc3c(C)cc(=O)oc3c2C)C(C)C)cc1. The molecule has 164 valence electrons. The molecule has 8 heteroatoms. The third-order valence-electron chi connectivity index (χ3n) is 5.06. The van der Waals surface area contributed by atoms with Gasteiger partial charge in [0, 0.05) is 17.0 Å². The second-order valence-corrected chi connectivity index (χ2v) is 9.60. The van der Waals surface area contributed by atoms with Gasteiger partial charge in [-0.05, 0) is 56.5 Å². The second-order valence-electron chi connectivity index (χ2n) is 7.89. The number of benzene rings is 2. The summed E-state index contributed by atoms with van der Waals surface area (Å²) in [6.45, 7) is 8.76. The molecule has 3 rings (SSSR count). The topological polar surface area (TPSA) is 103 Å². The molecule has 1 N–H and O–H groups in total. The van der Waals surface area contributed by atoms with Crippen LogP contribution in [0.1, 0.15) is 30.5 Å². The minimum absolute atomic E-state index is 0.0655. The van der Waals surface area contributed by atoms with Crippen molar-refractivity contribution in [2.45, 2.75) is 45.6 Å². The maximum absolute atomic E-state index is 12.9. The lowest BCUT2D eigenvalue weighted by Crippen LogP contribution is -2.46.